The van der Waals surface area contributed by atoms with Gasteiger partial charge in [0.1, 0.15) is 29.1 Å². The highest BCUT2D eigenvalue weighted by Crippen LogP contribution is 2.27. The number of para-hydroxylation sites is 1. The Morgan fingerprint density at radius 3 is 2.40 bits per heavy atom. The maximum absolute atomic E-state index is 12.2. The Hall–Kier alpha value is -4.79. The number of carboxylic acid groups (broad SMARTS) is 1. The van der Waals surface area contributed by atoms with Crippen LogP contribution in [0.15, 0.2) is 77.2 Å². The Labute approximate surface area is 244 Å². The molecule has 1 aliphatic rings. The van der Waals surface area contributed by atoms with Gasteiger partial charge >= 0.3 is 12.1 Å². The summed E-state index contributed by atoms with van der Waals surface area (Å²) in [6.45, 7) is 2.46. The fourth-order valence-electron chi connectivity index (χ4n) is 4.53. The number of ether oxygens (including phenoxy) is 3. The minimum Gasteiger partial charge on any atom is -0.493 e. The second-order valence-corrected chi connectivity index (χ2v) is 10.2. The van der Waals surface area contributed by atoms with Crippen LogP contribution in [-0.4, -0.2) is 34.9 Å². The molecule has 1 heterocycles. The number of nitrogens with zero attached hydrogens (tertiary/aromatic N) is 1. The van der Waals surface area contributed by atoms with Crippen molar-refractivity contribution in [2.75, 3.05) is 6.61 Å². The number of carbonyl (C=O) groups excluding carboxylic acids is 1. The van der Waals surface area contributed by atoms with E-state index in [4.69, 9.17) is 23.7 Å². The average Bonchev–Trinajstić information content (AvgIpc) is 3.34. The van der Waals surface area contributed by atoms with Gasteiger partial charge in [-0.15, -0.1) is 0 Å². The van der Waals surface area contributed by atoms with Crippen LogP contribution in [-0.2, 0) is 28.9 Å². The Morgan fingerprint density at radius 1 is 0.952 bits per heavy atom. The van der Waals surface area contributed by atoms with E-state index in [2.05, 4.69) is 10.3 Å². The van der Waals surface area contributed by atoms with Crippen molar-refractivity contribution >= 4 is 12.1 Å². The number of hydrogen-bond acceptors (Lipinski definition) is 7. The largest absolute Gasteiger partial charge is 0.493 e. The molecule has 0 unspecified atom stereocenters. The Balaban J connectivity index is 1.17. The number of oxazole rings is 1. The predicted octanol–water partition coefficient (Wildman–Crippen LogP) is 6.86. The van der Waals surface area contributed by atoms with E-state index in [1.807, 2.05) is 79.7 Å². The van der Waals surface area contributed by atoms with Crippen LogP contribution < -0.4 is 14.8 Å². The number of alkyl carbamates (subject to hydrolysis) is 1. The minimum absolute atomic E-state index is 0.00370. The maximum Gasteiger partial charge on any atom is 0.407 e. The van der Waals surface area contributed by atoms with Crippen molar-refractivity contribution in [3.63, 3.8) is 0 Å². The van der Waals surface area contributed by atoms with E-state index in [9.17, 15) is 9.59 Å². The lowest BCUT2D eigenvalue weighted by molar-refractivity contribution is -0.136. The third-order valence-corrected chi connectivity index (χ3v) is 7.12. The first kappa shape index (κ1) is 28.7. The molecule has 1 amide bonds. The van der Waals surface area contributed by atoms with Gasteiger partial charge in [0.05, 0.1) is 12.3 Å². The van der Waals surface area contributed by atoms with Crippen molar-refractivity contribution in [3.05, 3.63) is 95.4 Å². The van der Waals surface area contributed by atoms with E-state index >= 15 is 0 Å². The summed E-state index contributed by atoms with van der Waals surface area (Å²) in [6, 6.07) is 22.7. The molecule has 0 spiro atoms. The number of rotatable bonds is 13. The minimum atomic E-state index is -0.877. The summed E-state index contributed by atoms with van der Waals surface area (Å²) in [4.78, 5) is 28.0. The van der Waals surface area contributed by atoms with Crippen LogP contribution in [0.5, 0.6) is 17.2 Å². The number of nitrogens with one attached hydrogen (secondary N) is 1. The van der Waals surface area contributed by atoms with Crippen LogP contribution in [0.25, 0.3) is 11.5 Å². The second-order valence-electron chi connectivity index (χ2n) is 10.2. The smallest absolute Gasteiger partial charge is 0.407 e. The predicted molar refractivity (Wildman–Crippen MR) is 156 cm³/mol. The molecular formula is C33H34N2O7. The summed E-state index contributed by atoms with van der Waals surface area (Å²) in [5.41, 5.74) is 3.27. The third-order valence-electron chi connectivity index (χ3n) is 7.12. The quantitative estimate of drug-likeness (QED) is 0.179. The lowest BCUT2D eigenvalue weighted by atomic mass is 9.96. The van der Waals surface area contributed by atoms with Gasteiger partial charge in [-0.3, -0.25) is 4.79 Å². The molecule has 9 heteroatoms. The number of carboxylic acids is 1. The molecule has 0 saturated heterocycles. The van der Waals surface area contributed by atoms with Gasteiger partial charge in [0.15, 0.2) is 0 Å². The molecule has 0 aliphatic heterocycles. The zero-order valence-electron chi connectivity index (χ0n) is 23.5. The summed E-state index contributed by atoms with van der Waals surface area (Å²) in [5.74, 6) is 2.48. The zero-order valence-corrected chi connectivity index (χ0v) is 23.5. The number of carbonyl (C=O) groups is 2. The molecule has 1 fully saturated rings. The molecule has 0 atom stereocenters. The van der Waals surface area contributed by atoms with Gasteiger partial charge in [-0.2, -0.15) is 0 Å². The van der Waals surface area contributed by atoms with Gasteiger partial charge in [0, 0.05) is 24.9 Å². The molecule has 0 radical (unpaired) electrons. The van der Waals surface area contributed by atoms with E-state index in [-0.39, 0.29) is 19.1 Å². The maximum atomic E-state index is 12.2. The van der Waals surface area contributed by atoms with Crippen molar-refractivity contribution in [1.29, 1.82) is 0 Å². The number of aromatic nitrogens is 1. The first-order chi connectivity index (χ1) is 20.4. The Bertz CT molecular complexity index is 1490. The van der Waals surface area contributed by atoms with Gasteiger partial charge in [0.25, 0.3) is 0 Å². The van der Waals surface area contributed by atoms with Crippen LogP contribution in [0.2, 0.25) is 0 Å². The van der Waals surface area contributed by atoms with Crippen LogP contribution in [0.3, 0.4) is 0 Å². The van der Waals surface area contributed by atoms with Gasteiger partial charge < -0.3 is 29.1 Å². The summed E-state index contributed by atoms with van der Waals surface area (Å²) < 4.78 is 23.2. The number of amides is 1. The number of hydrogen-bond donors (Lipinski definition) is 2. The molecule has 2 N–H and O–H groups in total. The van der Waals surface area contributed by atoms with Crippen LogP contribution in [0.1, 0.15) is 48.3 Å². The van der Waals surface area contributed by atoms with Crippen molar-refractivity contribution in [2.45, 2.75) is 58.1 Å². The van der Waals surface area contributed by atoms with Crippen molar-refractivity contribution in [3.8, 4) is 28.7 Å². The number of aryl methyl sites for hydroxylation is 2. The summed E-state index contributed by atoms with van der Waals surface area (Å²) in [7, 11) is 0. The lowest BCUT2D eigenvalue weighted by Crippen LogP contribution is -2.32. The molecule has 218 valence electrons. The zero-order chi connectivity index (χ0) is 29.3. The SMILES string of the molecule is Cc1oc(-c2ccc(Oc3ccccc3)cc2)nc1CCOc1ccc(CCC(=O)O)c(CNC(=O)OC2CCC2)c1. The van der Waals surface area contributed by atoms with Crippen LogP contribution >= 0.6 is 0 Å². The van der Waals surface area contributed by atoms with E-state index in [0.29, 0.717) is 31.1 Å². The first-order valence-electron chi connectivity index (χ1n) is 14.1. The van der Waals surface area contributed by atoms with Gasteiger partial charge in [-0.05, 0) is 92.3 Å². The van der Waals surface area contributed by atoms with Gasteiger partial charge in [0.2, 0.25) is 5.89 Å². The molecule has 9 nitrogen and oxygen atoms in total. The second kappa shape index (κ2) is 13.7. The third kappa shape index (κ3) is 7.90. The van der Waals surface area contributed by atoms with Gasteiger partial charge in [-0.1, -0.05) is 24.3 Å². The average molecular weight is 571 g/mol. The van der Waals surface area contributed by atoms with Crippen molar-refractivity contribution in [1.82, 2.24) is 10.3 Å². The fraction of sp³-hybridized carbons (Fsp3) is 0.303. The van der Waals surface area contributed by atoms with Crippen LogP contribution in [0.4, 0.5) is 4.79 Å². The van der Waals surface area contributed by atoms with Crippen molar-refractivity contribution < 1.29 is 33.3 Å². The monoisotopic (exact) mass is 570 g/mol. The van der Waals surface area contributed by atoms with E-state index in [1.54, 1.807) is 0 Å². The van der Waals surface area contributed by atoms with E-state index in [0.717, 1.165) is 58.9 Å². The van der Waals surface area contributed by atoms with Gasteiger partial charge in [-0.25, -0.2) is 9.78 Å². The topological polar surface area (TPSA) is 120 Å². The molecule has 42 heavy (non-hydrogen) atoms. The molecular weight excluding hydrogens is 536 g/mol. The molecule has 1 aliphatic carbocycles. The molecule has 1 saturated carbocycles. The Morgan fingerprint density at radius 2 is 1.69 bits per heavy atom. The highest BCUT2D eigenvalue weighted by Gasteiger charge is 2.21. The summed E-state index contributed by atoms with van der Waals surface area (Å²) >= 11 is 0. The lowest BCUT2D eigenvalue weighted by Gasteiger charge is -2.25. The van der Waals surface area contributed by atoms with E-state index < -0.39 is 12.1 Å². The molecule has 4 aromatic rings. The fourth-order valence-corrected chi connectivity index (χ4v) is 4.53. The van der Waals surface area contributed by atoms with Crippen LogP contribution in [0, 0.1) is 6.92 Å². The Kier molecular flexibility index (Phi) is 9.38. The molecule has 1 aromatic heterocycles. The molecule has 0 bridgehead atoms. The highest BCUT2D eigenvalue weighted by molar-refractivity contribution is 5.68. The molecule has 5 rings (SSSR count). The summed E-state index contributed by atoms with van der Waals surface area (Å²) in [6.07, 6.45) is 3.26. The summed E-state index contributed by atoms with van der Waals surface area (Å²) in [5, 5.41) is 11.9. The number of aliphatic carboxylic acids is 1. The number of benzene rings is 3. The highest BCUT2D eigenvalue weighted by atomic mass is 16.6. The van der Waals surface area contributed by atoms with E-state index in [1.165, 1.54) is 0 Å². The molecule has 3 aromatic carbocycles. The first-order valence-corrected chi connectivity index (χ1v) is 14.1. The normalized spacial score (nSPS) is 12.8. The standard InChI is InChI=1S/C33H34N2O7/c1-22-30(35-32(40-22)24-11-14-28(15-12-24)41-26-6-3-2-4-7-26)18-19-39-29-16-10-23(13-17-31(36)37)25(20-29)21-34-33(38)42-27-8-5-9-27/h2-4,6-7,10-12,14-16,20,27H,5,8-9,13,17-19,21H2,1H3,(H,34,38)(H,36,37). The van der Waals surface area contributed by atoms with Crippen molar-refractivity contribution in [2.24, 2.45) is 0 Å².